The minimum Gasteiger partial charge on any atom is -0.496 e. The minimum atomic E-state index is -0.261. The molecular formula is C15H17Br2N3O. The molecule has 1 aromatic heterocycles. The number of aromatic nitrogens is 1. The number of aryl methyl sites for hydroxylation is 2. The van der Waals surface area contributed by atoms with E-state index in [-0.39, 0.29) is 6.04 Å². The average molecular weight is 415 g/mol. The van der Waals surface area contributed by atoms with E-state index in [0.29, 0.717) is 0 Å². The molecule has 0 saturated carbocycles. The van der Waals surface area contributed by atoms with Crippen molar-refractivity contribution >= 4 is 31.9 Å². The van der Waals surface area contributed by atoms with E-state index in [9.17, 15) is 0 Å². The van der Waals surface area contributed by atoms with Gasteiger partial charge in [-0.2, -0.15) is 0 Å². The van der Waals surface area contributed by atoms with Crippen LogP contribution in [0.4, 0.5) is 0 Å². The summed E-state index contributed by atoms with van der Waals surface area (Å²) in [7, 11) is 1.66. The van der Waals surface area contributed by atoms with Crippen LogP contribution < -0.4 is 16.0 Å². The predicted octanol–water partition coefficient (Wildman–Crippen LogP) is 3.78. The van der Waals surface area contributed by atoms with Gasteiger partial charge in [0, 0.05) is 20.7 Å². The van der Waals surface area contributed by atoms with Crippen LogP contribution in [0.25, 0.3) is 0 Å². The van der Waals surface area contributed by atoms with Crippen molar-refractivity contribution in [3.63, 3.8) is 0 Å². The Morgan fingerprint density at radius 3 is 2.52 bits per heavy atom. The van der Waals surface area contributed by atoms with E-state index in [1.807, 2.05) is 26.0 Å². The van der Waals surface area contributed by atoms with Crippen LogP contribution in [-0.2, 0) is 0 Å². The van der Waals surface area contributed by atoms with Gasteiger partial charge in [0.25, 0.3) is 0 Å². The van der Waals surface area contributed by atoms with Gasteiger partial charge >= 0.3 is 0 Å². The van der Waals surface area contributed by atoms with Crippen molar-refractivity contribution in [2.75, 3.05) is 7.11 Å². The Morgan fingerprint density at radius 1 is 1.24 bits per heavy atom. The van der Waals surface area contributed by atoms with Crippen LogP contribution in [-0.4, -0.2) is 12.1 Å². The molecule has 3 N–H and O–H groups in total. The number of rotatable bonds is 4. The molecule has 2 rings (SSSR count). The number of nitrogens with one attached hydrogen (secondary N) is 1. The maximum absolute atomic E-state index is 5.80. The van der Waals surface area contributed by atoms with Crippen molar-refractivity contribution in [2.24, 2.45) is 5.84 Å². The molecule has 0 aliphatic rings. The SMILES string of the molecule is COc1cc(C)cc(C)c1C(NN)c1ncc(Br)cc1Br. The first-order chi connectivity index (χ1) is 9.97. The number of hydrogen-bond donors (Lipinski definition) is 2. The summed E-state index contributed by atoms with van der Waals surface area (Å²) >= 11 is 6.95. The lowest BCUT2D eigenvalue weighted by molar-refractivity contribution is 0.402. The third-order valence-electron chi connectivity index (χ3n) is 3.28. The summed E-state index contributed by atoms with van der Waals surface area (Å²) in [4.78, 5) is 4.47. The van der Waals surface area contributed by atoms with Gasteiger partial charge in [-0.15, -0.1) is 0 Å². The van der Waals surface area contributed by atoms with Gasteiger partial charge < -0.3 is 4.74 Å². The molecule has 2 aromatic rings. The van der Waals surface area contributed by atoms with Crippen molar-refractivity contribution in [1.29, 1.82) is 0 Å². The number of ether oxygens (including phenoxy) is 1. The van der Waals surface area contributed by atoms with Crippen LogP contribution in [0, 0.1) is 13.8 Å². The quantitative estimate of drug-likeness (QED) is 0.590. The maximum Gasteiger partial charge on any atom is 0.124 e. The molecule has 1 heterocycles. The predicted molar refractivity (Wildman–Crippen MR) is 91.3 cm³/mol. The lowest BCUT2D eigenvalue weighted by Crippen LogP contribution is -2.30. The van der Waals surface area contributed by atoms with Gasteiger partial charge in [-0.1, -0.05) is 6.07 Å². The Hall–Kier alpha value is -0.950. The second kappa shape index (κ2) is 6.87. The number of hydrazine groups is 1. The largest absolute Gasteiger partial charge is 0.496 e. The first kappa shape index (κ1) is 16.4. The number of methoxy groups -OCH3 is 1. The third-order valence-corrected chi connectivity index (χ3v) is 4.35. The molecule has 0 radical (unpaired) electrons. The van der Waals surface area contributed by atoms with Crippen molar-refractivity contribution in [2.45, 2.75) is 19.9 Å². The molecular weight excluding hydrogens is 398 g/mol. The topological polar surface area (TPSA) is 60.2 Å². The lowest BCUT2D eigenvalue weighted by Gasteiger charge is -2.22. The zero-order chi connectivity index (χ0) is 15.6. The fraction of sp³-hybridized carbons (Fsp3) is 0.267. The van der Waals surface area contributed by atoms with E-state index in [1.165, 1.54) is 0 Å². The van der Waals surface area contributed by atoms with Crippen LogP contribution >= 0.6 is 31.9 Å². The van der Waals surface area contributed by atoms with Crippen LogP contribution in [0.2, 0.25) is 0 Å². The van der Waals surface area contributed by atoms with Crippen molar-refractivity contribution in [1.82, 2.24) is 10.4 Å². The number of pyridine rings is 1. The molecule has 0 spiro atoms. The fourth-order valence-electron chi connectivity index (χ4n) is 2.42. The lowest BCUT2D eigenvalue weighted by atomic mass is 9.96. The molecule has 0 bridgehead atoms. The Morgan fingerprint density at radius 2 is 1.95 bits per heavy atom. The maximum atomic E-state index is 5.80. The van der Waals surface area contributed by atoms with Gasteiger partial charge in [-0.3, -0.25) is 10.8 Å². The molecule has 0 saturated heterocycles. The summed E-state index contributed by atoms with van der Waals surface area (Å²) in [6.07, 6.45) is 1.75. The second-order valence-corrected chi connectivity index (χ2v) is 6.59. The molecule has 0 aliphatic heterocycles. The Bertz CT molecular complexity index is 662. The molecule has 4 nitrogen and oxygen atoms in total. The van der Waals surface area contributed by atoms with Gasteiger partial charge in [0.1, 0.15) is 5.75 Å². The van der Waals surface area contributed by atoms with E-state index in [1.54, 1.807) is 13.3 Å². The summed E-state index contributed by atoms with van der Waals surface area (Å²) in [6.45, 7) is 4.08. The summed E-state index contributed by atoms with van der Waals surface area (Å²) in [6, 6.07) is 5.79. The number of benzene rings is 1. The molecule has 112 valence electrons. The summed E-state index contributed by atoms with van der Waals surface area (Å²) in [5.74, 6) is 6.59. The normalized spacial score (nSPS) is 12.3. The monoisotopic (exact) mass is 413 g/mol. The summed E-state index contributed by atoms with van der Waals surface area (Å²) in [5.41, 5.74) is 6.89. The van der Waals surface area contributed by atoms with Gasteiger partial charge in [-0.05, 0) is 69.0 Å². The molecule has 0 amide bonds. The van der Waals surface area contributed by atoms with Crippen molar-refractivity contribution < 1.29 is 4.74 Å². The molecule has 6 heteroatoms. The van der Waals surface area contributed by atoms with Gasteiger partial charge in [0.15, 0.2) is 0 Å². The first-order valence-electron chi connectivity index (χ1n) is 6.40. The molecule has 1 unspecified atom stereocenters. The number of nitrogens with zero attached hydrogens (tertiary/aromatic N) is 1. The van der Waals surface area contributed by atoms with Gasteiger partial charge in [-0.25, -0.2) is 5.43 Å². The standard InChI is InChI=1S/C15H17Br2N3O/c1-8-4-9(2)13(12(5-8)21-3)15(20-18)14-11(17)6-10(16)7-19-14/h4-7,15,20H,18H2,1-3H3. The smallest absolute Gasteiger partial charge is 0.124 e. The molecule has 1 atom stereocenters. The average Bonchev–Trinajstić information content (AvgIpc) is 2.42. The third kappa shape index (κ3) is 3.45. The Balaban J connectivity index is 2.61. The van der Waals surface area contributed by atoms with Crippen LogP contribution in [0.1, 0.15) is 28.4 Å². The van der Waals surface area contributed by atoms with Crippen LogP contribution in [0.3, 0.4) is 0 Å². The van der Waals surface area contributed by atoms with Gasteiger partial charge in [0.2, 0.25) is 0 Å². The molecule has 0 fully saturated rings. The zero-order valence-electron chi connectivity index (χ0n) is 12.1. The Labute approximate surface area is 141 Å². The highest BCUT2D eigenvalue weighted by Crippen LogP contribution is 2.35. The summed E-state index contributed by atoms with van der Waals surface area (Å²) < 4.78 is 7.31. The van der Waals surface area contributed by atoms with Crippen molar-refractivity contribution in [3.05, 3.63) is 55.7 Å². The highest BCUT2D eigenvalue weighted by molar-refractivity contribution is 9.11. The minimum absolute atomic E-state index is 0.261. The summed E-state index contributed by atoms with van der Waals surface area (Å²) in [5, 5.41) is 0. The van der Waals surface area contributed by atoms with E-state index in [4.69, 9.17) is 10.6 Å². The zero-order valence-corrected chi connectivity index (χ0v) is 15.2. The van der Waals surface area contributed by atoms with E-state index in [0.717, 1.165) is 37.1 Å². The van der Waals surface area contributed by atoms with E-state index < -0.39 is 0 Å². The number of nitrogens with two attached hydrogens (primary N) is 1. The van der Waals surface area contributed by atoms with Crippen LogP contribution in [0.15, 0.2) is 33.3 Å². The number of halogens is 2. The molecule has 1 aromatic carbocycles. The van der Waals surface area contributed by atoms with Crippen LogP contribution in [0.5, 0.6) is 5.75 Å². The van der Waals surface area contributed by atoms with E-state index >= 15 is 0 Å². The molecule has 21 heavy (non-hydrogen) atoms. The highest BCUT2D eigenvalue weighted by atomic mass is 79.9. The van der Waals surface area contributed by atoms with E-state index in [2.05, 4.69) is 48.3 Å². The first-order valence-corrected chi connectivity index (χ1v) is 7.98. The Kier molecular flexibility index (Phi) is 5.37. The molecule has 0 aliphatic carbocycles. The van der Waals surface area contributed by atoms with Crippen molar-refractivity contribution in [3.8, 4) is 5.75 Å². The number of hydrogen-bond acceptors (Lipinski definition) is 4. The second-order valence-electron chi connectivity index (χ2n) is 4.82. The van der Waals surface area contributed by atoms with Gasteiger partial charge in [0.05, 0.1) is 18.8 Å². The fourth-order valence-corrected chi connectivity index (χ4v) is 3.63. The highest BCUT2D eigenvalue weighted by Gasteiger charge is 2.23.